The van der Waals surface area contributed by atoms with Crippen molar-refractivity contribution in [1.82, 2.24) is 0 Å². The summed E-state index contributed by atoms with van der Waals surface area (Å²) < 4.78 is 23.5. The summed E-state index contributed by atoms with van der Waals surface area (Å²) >= 11 is 0. The van der Waals surface area contributed by atoms with Gasteiger partial charge in [-0.15, -0.1) is 0 Å². The summed E-state index contributed by atoms with van der Waals surface area (Å²) in [6, 6.07) is 4.92. The van der Waals surface area contributed by atoms with Crippen molar-refractivity contribution in [3.63, 3.8) is 0 Å². The van der Waals surface area contributed by atoms with Gasteiger partial charge in [0.05, 0.1) is 26.0 Å². The van der Waals surface area contributed by atoms with Gasteiger partial charge in [-0.1, -0.05) is 6.07 Å². The number of alkyl halides is 1. The Balaban J connectivity index is 2.43. The Morgan fingerprint density at radius 1 is 1.61 bits per heavy atom. The van der Waals surface area contributed by atoms with Crippen molar-refractivity contribution >= 4 is 17.3 Å². The van der Waals surface area contributed by atoms with Crippen LogP contribution in [0.5, 0.6) is 0 Å². The first-order valence-electron chi connectivity index (χ1n) is 5.60. The van der Waals surface area contributed by atoms with Crippen LogP contribution in [0.4, 0.5) is 15.8 Å². The molecular weight excluding hydrogens is 239 g/mol. The monoisotopic (exact) mass is 254 g/mol. The number of rotatable bonds is 2. The molecule has 1 aliphatic rings. The van der Waals surface area contributed by atoms with E-state index in [1.54, 1.807) is 18.2 Å². The van der Waals surface area contributed by atoms with Crippen molar-refractivity contribution < 1.29 is 18.7 Å². The number of ether oxygens (including phenoxy) is 2. The van der Waals surface area contributed by atoms with E-state index < -0.39 is 12.3 Å². The van der Waals surface area contributed by atoms with Crippen molar-refractivity contribution in [2.24, 2.45) is 0 Å². The van der Waals surface area contributed by atoms with E-state index in [0.717, 1.165) is 0 Å². The second-order valence-electron chi connectivity index (χ2n) is 3.94. The number of carbonyl (C=O) groups is 1. The first-order valence-corrected chi connectivity index (χ1v) is 5.60. The maximum Gasteiger partial charge on any atom is 0.342 e. The second kappa shape index (κ2) is 5.22. The van der Waals surface area contributed by atoms with Crippen LogP contribution in [0.25, 0.3) is 0 Å². The molecule has 1 fully saturated rings. The molecule has 1 unspecified atom stereocenters. The fourth-order valence-corrected chi connectivity index (χ4v) is 1.97. The second-order valence-corrected chi connectivity index (χ2v) is 3.94. The van der Waals surface area contributed by atoms with Gasteiger partial charge in [0.1, 0.15) is 5.56 Å². The minimum Gasteiger partial charge on any atom is -0.465 e. The SMILES string of the molecule is COC(=O)c1c(N)cccc1N1CCOCC1F. The van der Waals surface area contributed by atoms with E-state index in [4.69, 9.17) is 10.5 Å². The first kappa shape index (κ1) is 12.6. The fourth-order valence-electron chi connectivity index (χ4n) is 1.97. The smallest absolute Gasteiger partial charge is 0.342 e. The largest absolute Gasteiger partial charge is 0.465 e. The van der Waals surface area contributed by atoms with Gasteiger partial charge in [0.25, 0.3) is 0 Å². The maximum absolute atomic E-state index is 13.8. The van der Waals surface area contributed by atoms with Crippen LogP contribution in [0.3, 0.4) is 0 Å². The van der Waals surface area contributed by atoms with Crippen LogP contribution >= 0.6 is 0 Å². The van der Waals surface area contributed by atoms with Crippen molar-refractivity contribution in [1.29, 1.82) is 0 Å². The van der Waals surface area contributed by atoms with Crippen LogP contribution in [-0.2, 0) is 9.47 Å². The van der Waals surface area contributed by atoms with Crippen LogP contribution in [0.2, 0.25) is 0 Å². The number of morpholine rings is 1. The minimum atomic E-state index is -1.29. The average molecular weight is 254 g/mol. The highest BCUT2D eigenvalue weighted by Crippen LogP contribution is 2.29. The van der Waals surface area contributed by atoms with Gasteiger partial charge in [-0.25, -0.2) is 9.18 Å². The molecule has 6 heteroatoms. The van der Waals surface area contributed by atoms with E-state index in [1.807, 2.05) is 0 Å². The fraction of sp³-hybridized carbons (Fsp3) is 0.417. The molecule has 0 saturated carbocycles. The van der Waals surface area contributed by atoms with Gasteiger partial charge < -0.3 is 20.1 Å². The summed E-state index contributed by atoms with van der Waals surface area (Å²) in [5, 5.41) is 0. The van der Waals surface area contributed by atoms with Crippen LogP contribution in [0.15, 0.2) is 18.2 Å². The normalized spacial score (nSPS) is 19.7. The molecular formula is C12H15FN2O3. The summed E-state index contributed by atoms with van der Waals surface area (Å²) in [5.74, 6) is -0.568. The highest BCUT2D eigenvalue weighted by Gasteiger charge is 2.27. The number of nitrogen functional groups attached to an aromatic ring is 1. The average Bonchev–Trinajstić information content (AvgIpc) is 2.38. The lowest BCUT2D eigenvalue weighted by Crippen LogP contribution is -2.43. The molecule has 1 saturated heterocycles. The molecule has 1 aliphatic heterocycles. The Hall–Kier alpha value is -1.82. The Kier molecular flexibility index (Phi) is 3.66. The highest BCUT2D eigenvalue weighted by molar-refractivity contribution is 6.01. The zero-order valence-electron chi connectivity index (χ0n) is 10.1. The van der Waals surface area contributed by atoms with Crippen molar-refractivity contribution in [3.8, 4) is 0 Å². The van der Waals surface area contributed by atoms with Crippen LogP contribution in [0.1, 0.15) is 10.4 Å². The number of nitrogens with zero attached hydrogens (tertiary/aromatic N) is 1. The van der Waals surface area contributed by atoms with Crippen LogP contribution in [-0.4, -0.2) is 39.1 Å². The summed E-state index contributed by atoms with van der Waals surface area (Å²) in [7, 11) is 1.27. The molecule has 2 rings (SSSR count). The van der Waals surface area contributed by atoms with Gasteiger partial charge in [0, 0.05) is 12.2 Å². The van der Waals surface area contributed by atoms with Crippen molar-refractivity contribution in [2.45, 2.75) is 6.30 Å². The summed E-state index contributed by atoms with van der Waals surface area (Å²) in [6.45, 7) is 0.764. The molecule has 0 aromatic heterocycles. The van der Waals surface area contributed by atoms with Crippen molar-refractivity contribution in [3.05, 3.63) is 23.8 Å². The van der Waals surface area contributed by atoms with Gasteiger partial charge >= 0.3 is 5.97 Å². The molecule has 1 heterocycles. The molecule has 2 N–H and O–H groups in total. The highest BCUT2D eigenvalue weighted by atomic mass is 19.1. The molecule has 0 radical (unpaired) electrons. The molecule has 18 heavy (non-hydrogen) atoms. The Morgan fingerprint density at radius 2 is 2.39 bits per heavy atom. The standard InChI is InChI=1S/C12H15FN2O3/c1-17-12(16)11-8(14)3-2-4-9(11)15-5-6-18-7-10(15)13/h2-4,10H,5-7,14H2,1H3. The zero-order valence-corrected chi connectivity index (χ0v) is 10.1. The van der Waals surface area contributed by atoms with Gasteiger partial charge in [0.2, 0.25) is 0 Å². The number of benzene rings is 1. The maximum atomic E-state index is 13.8. The number of methoxy groups -OCH3 is 1. The van der Waals surface area contributed by atoms with Gasteiger partial charge in [0.15, 0.2) is 6.30 Å². The molecule has 0 bridgehead atoms. The van der Waals surface area contributed by atoms with E-state index in [0.29, 0.717) is 18.8 Å². The third-order valence-electron chi connectivity index (χ3n) is 2.84. The number of nitrogens with two attached hydrogens (primary N) is 1. The number of carbonyl (C=O) groups excluding carboxylic acids is 1. The van der Waals surface area contributed by atoms with Gasteiger partial charge in [-0.2, -0.15) is 0 Å². The summed E-state index contributed by atoms with van der Waals surface area (Å²) in [4.78, 5) is 13.2. The van der Waals surface area contributed by atoms with Gasteiger partial charge in [-0.05, 0) is 12.1 Å². The summed E-state index contributed by atoms with van der Waals surface area (Å²) in [6.07, 6.45) is -1.29. The quantitative estimate of drug-likeness (QED) is 0.488. The molecule has 98 valence electrons. The third kappa shape index (κ3) is 2.24. The molecule has 0 amide bonds. The predicted octanol–water partition coefficient (Wildman–Crippen LogP) is 1.19. The molecule has 1 aromatic rings. The molecule has 1 aromatic carbocycles. The van der Waals surface area contributed by atoms with Crippen LogP contribution < -0.4 is 10.6 Å². The number of hydrogen-bond acceptors (Lipinski definition) is 5. The van der Waals surface area contributed by atoms with E-state index in [-0.39, 0.29) is 17.9 Å². The number of anilines is 2. The minimum absolute atomic E-state index is 0.0184. The number of halogens is 1. The molecule has 0 aliphatic carbocycles. The zero-order chi connectivity index (χ0) is 13.1. The van der Waals surface area contributed by atoms with E-state index in [9.17, 15) is 9.18 Å². The molecule has 1 atom stereocenters. The number of esters is 1. The van der Waals surface area contributed by atoms with E-state index >= 15 is 0 Å². The van der Waals surface area contributed by atoms with Gasteiger partial charge in [-0.3, -0.25) is 0 Å². The third-order valence-corrected chi connectivity index (χ3v) is 2.84. The Labute approximate surface area is 104 Å². The lowest BCUT2D eigenvalue weighted by molar-refractivity contribution is 0.0488. The van der Waals surface area contributed by atoms with Crippen LogP contribution in [0, 0.1) is 0 Å². The first-order chi connectivity index (χ1) is 8.65. The summed E-state index contributed by atoms with van der Waals surface area (Å²) in [5.41, 5.74) is 6.69. The molecule has 5 nitrogen and oxygen atoms in total. The topological polar surface area (TPSA) is 64.8 Å². The predicted molar refractivity (Wildman–Crippen MR) is 65.3 cm³/mol. The Morgan fingerprint density at radius 3 is 3.06 bits per heavy atom. The van der Waals surface area contributed by atoms with E-state index in [1.165, 1.54) is 12.0 Å². The number of hydrogen-bond donors (Lipinski definition) is 1. The van der Waals surface area contributed by atoms with E-state index in [2.05, 4.69) is 4.74 Å². The lowest BCUT2D eigenvalue weighted by Gasteiger charge is -2.33. The van der Waals surface area contributed by atoms with Crippen molar-refractivity contribution in [2.75, 3.05) is 37.5 Å². The lowest BCUT2D eigenvalue weighted by atomic mass is 10.1. The Bertz CT molecular complexity index is 453. The molecule has 0 spiro atoms.